The van der Waals surface area contributed by atoms with Crippen molar-refractivity contribution in [3.63, 3.8) is 0 Å². The van der Waals surface area contributed by atoms with Gasteiger partial charge in [-0.3, -0.25) is 14.5 Å². The molecule has 0 spiro atoms. The van der Waals surface area contributed by atoms with Crippen LogP contribution in [0.5, 0.6) is 0 Å². The van der Waals surface area contributed by atoms with Crippen molar-refractivity contribution in [3.05, 3.63) is 62.1 Å². The molecule has 0 radical (unpaired) electrons. The fourth-order valence-corrected chi connectivity index (χ4v) is 3.69. The Labute approximate surface area is 190 Å². The highest BCUT2D eigenvalue weighted by molar-refractivity contribution is 6.39. The summed E-state index contributed by atoms with van der Waals surface area (Å²) in [6, 6.07) is 9.18. The average molecular weight is 477 g/mol. The Morgan fingerprint density at radius 2 is 1.62 bits per heavy atom. The number of nitrogens with one attached hydrogen (secondary N) is 2. The van der Waals surface area contributed by atoms with Crippen LogP contribution in [0, 0.1) is 0 Å². The zero-order chi connectivity index (χ0) is 21.7. The molecule has 2 aromatic rings. The minimum atomic E-state index is -0.559. The summed E-state index contributed by atoms with van der Waals surface area (Å²) in [5.74, 6) is -0.578. The van der Waals surface area contributed by atoms with Gasteiger partial charge in [0.25, 0.3) is 0 Å². The van der Waals surface area contributed by atoms with Crippen LogP contribution in [0.3, 0.4) is 0 Å². The molecule has 0 bridgehead atoms. The van der Waals surface area contributed by atoms with E-state index in [4.69, 9.17) is 46.4 Å². The summed E-state index contributed by atoms with van der Waals surface area (Å²) in [4.78, 5) is 26.6. The van der Waals surface area contributed by atoms with Gasteiger partial charge in [-0.2, -0.15) is 0 Å². The first kappa shape index (κ1) is 23.8. The molecular weight excluding hydrogens is 456 g/mol. The van der Waals surface area contributed by atoms with Gasteiger partial charge in [-0.05, 0) is 50.7 Å². The van der Waals surface area contributed by atoms with E-state index >= 15 is 0 Å². The number of para-hydroxylation sites is 1. The number of hydrogen-bond acceptors (Lipinski definition) is 3. The van der Waals surface area contributed by atoms with Crippen molar-refractivity contribution in [1.29, 1.82) is 0 Å². The predicted molar refractivity (Wildman–Crippen MR) is 120 cm³/mol. The Balaban J connectivity index is 1.95. The van der Waals surface area contributed by atoms with E-state index in [0.717, 1.165) is 5.56 Å². The van der Waals surface area contributed by atoms with Crippen molar-refractivity contribution in [1.82, 2.24) is 10.2 Å². The highest BCUT2D eigenvalue weighted by Crippen LogP contribution is 2.30. The highest BCUT2D eigenvalue weighted by Gasteiger charge is 2.23. The van der Waals surface area contributed by atoms with Gasteiger partial charge in [0, 0.05) is 10.0 Å². The van der Waals surface area contributed by atoms with Crippen molar-refractivity contribution in [2.24, 2.45) is 0 Å². The van der Waals surface area contributed by atoms with E-state index in [9.17, 15) is 9.59 Å². The number of amides is 2. The molecule has 29 heavy (non-hydrogen) atoms. The molecule has 156 valence electrons. The Morgan fingerprint density at radius 1 is 1.00 bits per heavy atom. The maximum absolute atomic E-state index is 12.6. The summed E-state index contributed by atoms with van der Waals surface area (Å²) in [6.45, 7) is 3.51. The molecule has 2 N–H and O–H groups in total. The number of nitrogens with zero attached hydrogens (tertiary/aromatic N) is 1. The van der Waals surface area contributed by atoms with E-state index < -0.39 is 6.04 Å². The van der Waals surface area contributed by atoms with E-state index in [2.05, 4.69) is 10.6 Å². The lowest BCUT2D eigenvalue weighted by molar-refractivity contribution is -0.127. The van der Waals surface area contributed by atoms with Crippen LogP contribution in [0.15, 0.2) is 36.4 Å². The molecule has 0 aliphatic carbocycles. The number of halogens is 4. The van der Waals surface area contributed by atoms with E-state index in [-0.39, 0.29) is 24.4 Å². The van der Waals surface area contributed by atoms with Crippen LogP contribution < -0.4 is 10.6 Å². The summed E-state index contributed by atoms with van der Waals surface area (Å²) in [5, 5.41) is 7.25. The van der Waals surface area contributed by atoms with Gasteiger partial charge in [0.15, 0.2) is 0 Å². The summed E-state index contributed by atoms with van der Waals surface area (Å²) in [6.07, 6.45) is 0. The van der Waals surface area contributed by atoms with Crippen molar-refractivity contribution in [2.45, 2.75) is 25.9 Å². The molecular formula is C20H21Cl4N3O2. The van der Waals surface area contributed by atoms with Crippen LogP contribution in [0.4, 0.5) is 5.69 Å². The lowest BCUT2D eigenvalue weighted by Gasteiger charge is -2.25. The first-order valence-electron chi connectivity index (χ1n) is 8.79. The number of hydrogen-bond donors (Lipinski definition) is 2. The lowest BCUT2D eigenvalue weighted by atomic mass is 10.1. The van der Waals surface area contributed by atoms with Gasteiger partial charge >= 0.3 is 0 Å². The quantitative estimate of drug-likeness (QED) is 0.559. The summed E-state index contributed by atoms with van der Waals surface area (Å²) in [5.41, 5.74) is 1.10. The summed E-state index contributed by atoms with van der Waals surface area (Å²) in [7, 11) is 1.68. The molecule has 5 nitrogen and oxygen atoms in total. The minimum absolute atomic E-state index is 0.0216. The number of carbonyl (C=O) groups is 2. The maximum atomic E-state index is 12.6. The molecule has 0 unspecified atom stereocenters. The van der Waals surface area contributed by atoms with Crippen LogP contribution >= 0.6 is 46.4 Å². The average Bonchev–Trinajstić information content (AvgIpc) is 2.63. The number of carbonyl (C=O) groups excluding carboxylic acids is 2. The van der Waals surface area contributed by atoms with Gasteiger partial charge in [-0.15, -0.1) is 0 Å². The molecule has 9 heteroatoms. The molecule has 0 fully saturated rings. The zero-order valence-corrected chi connectivity index (χ0v) is 19.1. The zero-order valence-electron chi connectivity index (χ0n) is 16.1. The smallest absolute Gasteiger partial charge is 0.238 e. The Bertz CT molecular complexity index is 887. The molecule has 2 atom stereocenters. The van der Waals surface area contributed by atoms with Gasteiger partial charge in [0.2, 0.25) is 11.8 Å². The third-order valence-electron chi connectivity index (χ3n) is 4.45. The third-order valence-corrected chi connectivity index (χ3v) is 5.64. The largest absolute Gasteiger partial charge is 0.348 e. The fourth-order valence-electron chi connectivity index (χ4n) is 2.62. The predicted octanol–water partition coefficient (Wildman–Crippen LogP) is 5.44. The third kappa shape index (κ3) is 6.49. The topological polar surface area (TPSA) is 61.4 Å². The second-order valence-corrected chi connectivity index (χ2v) is 8.29. The highest BCUT2D eigenvalue weighted by atomic mass is 35.5. The van der Waals surface area contributed by atoms with Gasteiger partial charge < -0.3 is 10.6 Å². The molecule has 0 saturated heterocycles. The van der Waals surface area contributed by atoms with Gasteiger partial charge in [0.1, 0.15) is 0 Å². The molecule has 0 aliphatic rings. The van der Waals surface area contributed by atoms with E-state index in [1.807, 2.05) is 6.92 Å². The summed E-state index contributed by atoms with van der Waals surface area (Å²) < 4.78 is 0. The number of anilines is 1. The number of likely N-dealkylation sites (N-methyl/N-ethyl adjacent to an activating group) is 1. The number of rotatable bonds is 7. The van der Waals surface area contributed by atoms with E-state index in [0.29, 0.717) is 25.8 Å². The van der Waals surface area contributed by atoms with Crippen molar-refractivity contribution >= 4 is 63.9 Å². The number of benzene rings is 2. The van der Waals surface area contributed by atoms with Crippen LogP contribution in [0.1, 0.15) is 25.5 Å². The molecule has 0 heterocycles. The van der Waals surface area contributed by atoms with Crippen LogP contribution in [0.2, 0.25) is 20.1 Å². The first-order chi connectivity index (χ1) is 13.6. The normalized spacial score (nSPS) is 13.1. The minimum Gasteiger partial charge on any atom is -0.348 e. The monoisotopic (exact) mass is 475 g/mol. The van der Waals surface area contributed by atoms with Crippen LogP contribution in [-0.4, -0.2) is 36.3 Å². The lowest BCUT2D eigenvalue weighted by Crippen LogP contribution is -2.46. The van der Waals surface area contributed by atoms with Gasteiger partial charge in [0.05, 0.1) is 34.4 Å². The van der Waals surface area contributed by atoms with E-state index in [1.165, 1.54) is 0 Å². The van der Waals surface area contributed by atoms with Crippen molar-refractivity contribution in [2.75, 3.05) is 18.9 Å². The Kier molecular flexibility index (Phi) is 8.61. The maximum Gasteiger partial charge on any atom is 0.238 e. The molecule has 0 aliphatic heterocycles. The molecule has 0 aromatic heterocycles. The van der Waals surface area contributed by atoms with Crippen LogP contribution in [-0.2, 0) is 9.59 Å². The Morgan fingerprint density at radius 3 is 2.21 bits per heavy atom. The Hall–Kier alpha value is -1.50. The second-order valence-electron chi connectivity index (χ2n) is 6.63. The molecule has 0 saturated carbocycles. The van der Waals surface area contributed by atoms with Gasteiger partial charge in [-0.25, -0.2) is 0 Å². The van der Waals surface area contributed by atoms with Gasteiger partial charge in [-0.1, -0.05) is 58.5 Å². The fraction of sp³-hybridized carbons (Fsp3) is 0.300. The van der Waals surface area contributed by atoms with E-state index in [1.54, 1.807) is 55.3 Å². The van der Waals surface area contributed by atoms with Crippen molar-refractivity contribution < 1.29 is 9.59 Å². The molecule has 2 amide bonds. The summed E-state index contributed by atoms with van der Waals surface area (Å²) >= 11 is 24.2. The molecule has 2 aromatic carbocycles. The second kappa shape index (κ2) is 10.5. The molecule has 2 rings (SSSR count). The van der Waals surface area contributed by atoms with Crippen LogP contribution in [0.25, 0.3) is 0 Å². The van der Waals surface area contributed by atoms with Crippen molar-refractivity contribution in [3.8, 4) is 0 Å². The SMILES string of the molecule is C[C@@H](NC(=O)[C@H](C)N(C)CC(=O)Nc1c(Cl)cccc1Cl)c1ccc(Cl)cc1Cl. The standard InChI is InChI=1S/C20H21Cl4N3O2/c1-11(14-8-7-13(21)9-17(14)24)25-20(29)12(2)27(3)10-18(28)26-19-15(22)5-4-6-16(19)23/h4-9,11-12H,10H2,1-3H3,(H,25,29)(H,26,28)/t11-,12+/m1/s1. The first-order valence-corrected chi connectivity index (χ1v) is 10.3.